The molecule has 0 unspecified atom stereocenters. The highest BCUT2D eigenvalue weighted by Gasteiger charge is 2.25. The number of carbonyl (C=O) groups is 1. The van der Waals surface area contributed by atoms with Gasteiger partial charge in [-0.2, -0.15) is 5.10 Å². The third kappa shape index (κ3) is 3.94. The van der Waals surface area contributed by atoms with E-state index in [-0.39, 0.29) is 11.7 Å². The monoisotopic (exact) mass is 410 g/mol. The van der Waals surface area contributed by atoms with Crippen molar-refractivity contribution >= 4 is 11.7 Å². The van der Waals surface area contributed by atoms with Crippen LogP contribution in [0.1, 0.15) is 10.4 Å². The molecule has 1 aromatic heterocycles. The van der Waals surface area contributed by atoms with E-state index in [9.17, 15) is 9.18 Å². The Hall–Kier alpha value is -3.55. The van der Waals surface area contributed by atoms with Crippen LogP contribution in [0.2, 0.25) is 0 Å². The second-order valence-corrected chi connectivity index (χ2v) is 6.99. The molecular formula is C22H23FN4O3. The Morgan fingerprint density at radius 1 is 1.00 bits per heavy atom. The van der Waals surface area contributed by atoms with Gasteiger partial charge in [-0.05, 0) is 42.0 Å². The van der Waals surface area contributed by atoms with E-state index in [0.29, 0.717) is 43.2 Å². The number of benzene rings is 2. The number of methoxy groups -OCH3 is 2. The van der Waals surface area contributed by atoms with Gasteiger partial charge in [0.2, 0.25) is 0 Å². The highest BCUT2D eigenvalue weighted by Crippen LogP contribution is 2.27. The molecule has 3 aromatic rings. The normalized spacial score (nSPS) is 14.0. The van der Waals surface area contributed by atoms with Crippen LogP contribution in [0.25, 0.3) is 11.3 Å². The molecule has 0 atom stereocenters. The molecule has 1 amide bonds. The van der Waals surface area contributed by atoms with Gasteiger partial charge in [0.05, 0.1) is 25.5 Å². The number of aromatic amines is 1. The van der Waals surface area contributed by atoms with Gasteiger partial charge < -0.3 is 19.3 Å². The fraction of sp³-hybridized carbons (Fsp3) is 0.273. The summed E-state index contributed by atoms with van der Waals surface area (Å²) in [6.07, 6.45) is 0. The summed E-state index contributed by atoms with van der Waals surface area (Å²) in [7, 11) is 3.12. The number of hydrogen-bond donors (Lipinski definition) is 1. The van der Waals surface area contributed by atoms with Crippen LogP contribution in [0.5, 0.6) is 11.5 Å². The summed E-state index contributed by atoms with van der Waals surface area (Å²) in [6.45, 7) is 2.48. The number of hydrogen-bond acceptors (Lipinski definition) is 5. The van der Waals surface area contributed by atoms with Crippen LogP contribution in [0.4, 0.5) is 10.2 Å². The number of nitrogens with zero attached hydrogens (tertiary/aromatic N) is 3. The molecule has 0 saturated carbocycles. The van der Waals surface area contributed by atoms with Crippen molar-refractivity contribution in [2.24, 2.45) is 0 Å². The standard InChI is InChI=1S/C22H23FN4O3/c1-29-17-7-8-18(20(13-17)30-2)22(28)27-11-9-26(10-12-27)21-14-19(24-25-21)15-3-5-16(23)6-4-15/h3-8,13-14H,9-12H2,1-2H3,(H,24,25). The van der Waals surface area contributed by atoms with E-state index < -0.39 is 0 Å². The van der Waals surface area contributed by atoms with E-state index in [0.717, 1.165) is 17.1 Å². The molecule has 0 radical (unpaired) electrons. The maximum atomic E-state index is 13.1. The zero-order valence-corrected chi connectivity index (χ0v) is 16.9. The van der Waals surface area contributed by atoms with Gasteiger partial charge >= 0.3 is 0 Å². The SMILES string of the molecule is COc1ccc(C(=O)N2CCN(c3cc(-c4ccc(F)cc4)[nH]n3)CC2)c(OC)c1. The van der Waals surface area contributed by atoms with Gasteiger partial charge in [0, 0.05) is 38.3 Å². The summed E-state index contributed by atoms with van der Waals surface area (Å²) in [5, 5.41) is 7.38. The largest absolute Gasteiger partial charge is 0.497 e. The zero-order valence-electron chi connectivity index (χ0n) is 16.9. The van der Waals surface area contributed by atoms with Crippen LogP contribution in [0, 0.1) is 5.82 Å². The molecule has 30 heavy (non-hydrogen) atoms. The van der Waals surface area contributed by atoms with Crippen molar-refractivity contribution in [3.05, 3.63) is 59.9 Å². The van der Waals surface area contributed by atoms with Crippen molar-refractivity contribution < 1.29 is 18.7 Å². The summed E-state index contributed by atoms with van der Waals surface area (Å²) < 4.78 is 23.7. The lowest BCUT2D eigenvalue weighted by molar-refractivity contribution is 0.0743. The quantitative estimate of drug-likeness (QED) is 0.700. The first-order valence-corrected chi connectivity index (χ1v) is 9.66. The fourth-order valence-electron chi connectivity index (χ4n) is 3.53. The second-order valence-electron chi connectivity index (χ2n) is 6.99. The first kappa shape index (κ1) is 19.8. The summed E-state index contributed by atoms with van der Waals surface area (Å²) in [5.74, 6) is 1.61. The molecule has 7 nitrogen and oxygen atoms in total. The predicted octanol–water partition coefficient (Wildman–Crippen LogP) is 3.20. The van der Waals surface area contributed by atoms with Gasteiger partial charge in [0.25, 0.3) is 5.91 Å². The molecule has 1 saturated heterocycles. The Bertz CT molecular complexity index is 1030. The zero-order chi connectivity index (χ0) is 21.1. The molecule has 4 rings (SSSR count). The lowest BCUT2D eigenvalue weighted by atomic mass is 10.1. The van der Waals surface area contributed by atoms with Crippen LogP contribution in [-0.4, -0.2) is 61.4 Å². The van der Waals surface area contributed by atoms with E-state index in [1.807, 2.05) is 11.0 Å². The van der Waals surface area contributed by atoms with Crippen LogP contribution >= 0.6 is 0 Å². The van der Waals surface area contributed by atoms with Gasteiger partial charge in [-0.1, -0.05) is 0 Å². The molecule has 2 aromatic carbocycles. The number of nitrogens with one attached hydrogen (secondary N) is 1. The minimum Gasteiger partial charge on any atom is -0.497 e. The van der Waals surface area contributed by atoms with E-state index in [2.05, 4.69) is 15.1 Å². The summed E-state index contributed by atoms with van der Waals surface area (Å²) in [5.41, 5.74) is 2.21. The molecule has 156 valence electrons. The maximum Gasteiger partial charge on any atom is 0.257 e. The minimum atomic E-state index is -0.271. The molecule has 0 bridgehead atoms. The predicted molar refractivity (Wildman–Crippen MR) is 112 cm³/mol. The highest BCUT2D eigenvalue weighted by molar-refractivity contribution is 5.97. The average molecular weight is 410 g/mol. The summed E-state index contributed by atoms with van der Waals surface area (Å²) in [4.78, 5) is 16.9. The van der Waals surface area contributed by atoms with E-state index in [4.69, 9.17) is 9.47 Å². The highest BCUT2D eigenvalue weighted by atomic mass is 19.1. The van der Waals surface area contributed by atoms with Crippen molar-refractivity contribution in [3.8, 4) is 22.8 Å². The van der Waals surface area contributed by atoms with Crippen LogP contribution in [-0.2, 0) is 0 Å². The molecule has 1 fully saturated rings. The number of aromatic nitrogens is 2. The first-order valence-electron chi connectivity index (χ1n) is 9.66. The molecule has 0 spiro atoms. The Labute approximate surface area is 174 Å². The van der Waals surface area contributed by atoms with E-state index >= 15 is 0 Å². The van der Waals surface area contributed by atoms with E-state index in [1.54, 1.807) is 44.6 Å². The lowest BCUT2D eigenvalue weighted by Crippen LogP contribution is -2.49. The number of carbonyl (C=O) groups excluding carboxylic acids is 1. The number of H-pyrrole nitrogens is 1. The first-order chi connectivity index (χ1) is 14.6. The number of rotatable bonds is 5. The molecular weight excluding hydrogens is 387 g/mol. The molecule has 8 heteroatoms. The second kappa shape index (κ2) is 8.44. The Morgan fingerprint density at radius 2 is 1.73 bits per heavy atom. The van der Waals surface area contributed by atoms with Gasteiger partial charge in [-0.25, -0.2) is 4.39 Å². The molecule has 1 aliphatic heterocycles. The van der Waals surface area contributed by atoms with Gasteiger partial charge in [-0.15, -0.1) is 0 Å². The molecule has 1 N–H and O–H groups in total. The minimum absolute atomic E-state index is 0.0665. The van der Waals surface area contributed by atoms with Gasteiger partial charge in [0.15, 0.2) is 5.82 Å². The Balaban J connectivity index is 1.42. The third-order valence-electron chi connectivity index (χ3n) is 5.25. The topological polar surface area (TPSA) is 70.7 Å². The van der Waals surface area contributed by atoms with Crippen molar-refractivity contribution in [1.29, 1.82) is 0 Å². The summed E-state index contributed by atoms with van der Waals surface area (Å²) >= 11 is 0. The van der Waals surface area contributed by atoms with Gasteiger partial charge in [-0.3, -0.25) is 9.89 Å². The average Bonchev–Trinajstić information content (AvgIpc) is 3.29. The fourth-order valence-corrected chi connectivity index (χ4v) is 3.53. The number of amides is 1. The van der Waals surface area contributed by atoms with Crippen molar-refractivity contribution in [2.45, 2.75) is 0 Å². The molecule has 2 heterocycles. The van der Waals surface area contributed by atoms with Crippen molar-refractivity contribution in [2.75, 3.05) is 45.3 Å². The Morgan fingerprint density at radius 3 is 2.40 bits per heavy atom. The lowest BCUT2D eigenvalue weighted by Gasteiger charge is -2.35. The van der Waals surface area contributed by atoms with Crippen LogP contribution < -0.4 is 14.4 Å². The number of anilines is 1. The number of ether oxygens (including phenoxy) is 2. The maximum absolute atomic E-state index is 13.1. The van der Waals surface area contributed by atoms with E-state index in [1.165, 1.54) is 12.1 Å². The third-order valence-corrected chi connectivity index (χ3v) is 5.25. The van der Waals surface area contributed by atoms with Gasteiger partial charge in [0.1, 0.15) is 17.3 Å². The molecule has 0 aliphatic carbocycles. The van der Waals surface area contributed by atoms with Crippen molar-refractivity contribution in [3.63, 3.8) is 0 Å². The Kier molecular flexibility index (Phi) is 5.56. The molecule has 1 aliphatic rings. The number of halogens is 1. The van der Waals surface area contributed by atoms with Crippen LogP contribution in [0.15, 0.2) is 48.5 Å². The van der Waals surface area contributed by atoms with Crippen molar-refractivity contribution in [1.82, 2.24) is 15.1 Å². The number of piperazine rings is 1. The smallest absolute Gasteiger partial charge is 0.257 e. The summed E-state index contributed by atoms with van der Waals surface area (Å²) in [6, 6.07) is 13.4. The van der Waals surface area contributed by atoms with Crippen LogP contribution in [0.3, 0.4) is 0 Å².